The molecule has 0 aliphatic heterocycles. The molecule has 0 bridgehead atoms. The van der Waals surface area contributed by atoms with Gasteiger partial charge in [0.15, 0.2) is 0 Å². The molecule has 1 atom stereocenters. The van der Waals surface area contributed by atoms with E-state index in [4.69, 9.17) is 10.7 Å². The van der Waals surface area contributed by atoms with Crippen molar-refractivity contribution in [2.75, 3.05) is 0 Å². The molecule has 0 radical (unpaired) electrons. The van der Waals surface area contributed by atoms with Gasteiger partial charge in [-0.3, -0.25) is 4.79 Å². The van der Waals surface area contributed by atoms with Gasteiger partial charge in [0.25, 0.3) is 15.0 Å². The molecule has 1 aromatic carbocycles. The van der Waals surface area contributed by atoms with E-state index in [0.29, 0.717) is 11.1 Å². The maximum Gasteiger partial charge on any atom is 0.261 e. The molecule has 1 aliphatic carbocycles. The number of benzene rings is 1. The van der Waals surface area contributed by atoms with E-state index >= 15 is 0 Å². The Morgan fingerprint density at radius 3 is 2.52 bits per heavy atom. The minimum atomic E-state index is -3.77. The number of rotatable bonds is 3. The number of nitrogens with one attached hydrogen (secondary N) is 1. The van der Waals surface area contributed by atoms with Crippen molar-refractivity contribution in [2.24, 2.45) is 5.41 Å². The van der Waals surface area contributed by atoms with E-state index < -0.39 is 9.05 Å². The zero-order valence-corrected chi connectivity index (χ0v) is 14.0. The largest absolute Gasteiger partial charge is 0.349 e. The molecule has 116 valence electrons. The van der Waals surface area contributed by atoms with E-state index in [0.717, 1.165) is 19.3 Å². The van der Waals surface area contributed by atoms with E-state index in [1.165, 1.54) is 18.2 Å². The molecule has 1 aliphatic rings. The van der Waals surface area contributed by atoms with Crippen LogP contribution in [0.1, 0.15) is 49.0 Å². The van der Waals surface area contributed by atoms with Gasteiger partial charge < -0.3 is 5.32 Å². The monoisotopic (exact) mass is 329 g/mol. The highest BCUT2D eigenvalue weighted by atomic mass is 35.7. The van der Waals surface area contributed by atoms with Crippen molar-refractivity contribution in [1.82, 2.24) is 5.32 Å². The predicted octanol–water partition coefficient (Wildman–Crippen LogP) is 3.23. The quantitative estimate of drug-likeness (QED) is 0.866. The van der Waals surface area contributed by atoms with Crippen LogP contribution in [0.5, 0.6) is 0 Å². The third-order valence-corrected chi connectivity index (χ3v) is 5.38. The SMILES string of the molecule is Cc1cc(S(=O)(=O)Cl)ccc1C(=O)NC1CCC(C)(C)C1. The summed E-state index contributed by atoms with van der Waals surface area (Å²) < 4.78 is 22.6. The zero-order chi connectivity index (χ0) is 15.8. The number of halogens is 1. The van der Waals surface area contributed by atoms with Gasteiger partial charge in [-0.05, 0) is 55.4 Å². The Balaban J connectivity index is 2.14. The van der Waals surface area contributed by atoms with Crippen molar-refractivity contribution >= 4 is 25.6 Å². The fourth-order valence-electron chi connectivity index (χ4n) is 2.87. The molecule has 1 saturated carbocycles. The number of hydrogen-bond donors (Lipinski definition) is 1. The van der Waals surface area contributed by atoms with Crippen LogP contribution in [0.25, 0.3) is 0 Å². The molecular formula is C15H20ClNO3S. The van der Waals surface area contributed by atoms with Gasteiger partial charge in [-0.2, -0.15) is 0 Å². The van der Waals surface area contributed by atoms with Crippen LogP contribution in [0.15, 0.2) is 23.1 Å². The number of aryl methyl sites for hydroxylation is 1. The van der Waals surface area contributed by atoms with Crippen molar-refractivity contribution in [3.05, 3.63) is 29.3 Å². The molecule has 0 spiro atoms. The van der Waals surface area contributed by atoms with Crippen LogP contribution in [-0.2, 0) is 9.05 Å². The fourth-order valence-corrected chi connectivity index (χ4v) is 3.70. The lowest BCUT2D eigenvalue weighted by molar-refractivity contribution is 0.0935. The van der Waals surface area contributed by atoms with Gasteiger partial charge in [0.1, 0.15) is 0 Å². The molecule has 4 nitrogen and oxygen atoms in total. The van der Waals surface area contributed by atoms with Gasteiger partial charge in [-0.25, -0.2) is 8.42 Å². The Morgan fingerprint density at radius 1 is 1.38 bits per heavy atom. The van der Waals surface area contributed by atoms with E-state index in [-0.39, 0.29) is 22.3 Å². The molecule has 0 saturated heterocycles. The Hall–Kier alpha value is -1.07. The van der Waals surface area contributed by atoms with E-state index in [1.54, 1.807) is 6.92 Å². The van der Waals surface area contributed by atoms with Gasteiger partial charge in [-0.15, -0.1) is 0 Å². The first kappa shape index (κ1) is 16.3. The topological polar surface area (TPSA) is 63.2 Å². The summed E-state index contributed by atoms with van der Waals surface area (Å²) >= 11 is 0. The second-order valence-corrected chi connectivity index (χ2v) is 9.06. The highest BCUT2D eigenvalue weighted by Crippen LogP contribution is 2.37. The Bertz CT molecular complexity index is 667. The smallest absolute Gasteiger partial charge is 0.261 e. The summed E-state index contributed by atoms with van der Waals surface area (Å²) in [6.07, 6.45) is 3.04. The first-order valence-electron chi connectivity index (χ1n) is 6.95. The molecule has 21 heavy (non-hydrogen) atoms. The summed E-state index contributed by atoms with van der Waals surface area (Å²) in [5.41, 5.74) is 1.36. The lowest BCUT2D eigenvalue weighted by atomic mass is 9.92. The van der Waals surface area contributed by atoms with Crippen molar-refractivity contribution < 1.29 is 13.2 Å². The second-order valence-electron chi connectivity index (χ2n) is 6.49. The first-order chi connectivity index (χ1) is 9.58. The first-order valence-corrected chi connectivity index (χ1v) is 9.26. The Morgan fingerprint density at radius 2 is 2.05 bits per heavy atom. The number of hydrogen-bond acceptors (Lipinski definition) is 3. The Labute approximate surface area is 130 Å². The molecular weight excluding hydrogens is 310 g/mol. The zero-order valence-electron chi connectivity index (χ0n) is 12.4. The third kappa shape index (κ3) is 3.98. The van der Waals surface area contributed by atoms with Crippen LogP contribution in [0.3, 0.4) is 0 Å². The summed E-state index contributed by atoms with van der Waals surface area (Å²) in [7, 11) is 1.54. The molecule has 0 heterocycles. The van der Waals surface area contributed by atoms with Crippen LogP contribution < -0.4 is 5.32 Å². The summed E-state index contributed by atoms with van der Waals surface area (Å²) in [5.74, 6) is -0.159. The summed E-state index contributed by atoms with van der Waals surface area (Å²) in [4.78, 5) is 12.3. The molecule has 0 aromatic heterocycles. The minimum absolute atomic E-state index is 0.0141. The molecule has 1 unspecified atom stereocenters. The summed E-state index contributed by atoms with van der Waals surface area (Å²) in [6.45, 7) is 6.11. The summed E-state index contributed by atoms with van der Waals surface area (Å²) in [6, 6.07) is 4.49. The number of amides is 1. The Kier molecular flexibility index (Phi) is 4.36. The summed E-state index contributed by atoms with van der Waals surface area (Å²) in [5, 5.41) is 3.03. The average molecular weight is 330 g/mol. The van der Waals surface area contributed by atoms with Gasteiger partial charge in [-0.1, -0.05) is 13.8 Å². The lowest BCUT2D eigenvalue weighted by Crippen LogP contribution is -2.33. The molecule has 1 aromatic rings. The lowest BCUT2D eigenvalue weighted by Gasteiger charge is -2.18. The van der Waals surface area contributed by atoms with Crippen LogP contribution in [0.4, 0.5) is 0 Å². The molecule has 2 rings (SSSR count). The standard InChI is InChI=1S/C15H20ClNO3S/c1-10-8-12(21(16,19)20)4-5-13(10)14(18)17-11-6-7-15(2,3)9-11/h4-5,8,11H,6-7,9H2,1-3H3,(H,17,18). The molecule has 1 fully saturated rings. The highest BCUT2D eigenvalue weighted by Gasteiger charge is 2.32. The second kappa shape index (κ2) is 5.61. The van der Waals surface area contributed by atoms with Crippen LogP contribution in [0, 0.1) is 12.3 Å². The maximum absolute atomic E-state index is 12.3. The highest BCUT2D eigenvalue weighted by molar-refractivity contribution is 8.13. The number of carbonyl (C=O) groups excluding carboxylic acids is 1. The van der Waals surface area contributed by atoms with Crippen molar-refractivity contribution in [3.63, 3.8) is 0 Å². The van der Waals surface area contributed by atoms with E-state index in [2.05, 4.69) is 19.2 Å². The van der Waals surface area contributed by atoms with Crippen molar-refractivity contribution in [2.45, 2.75) is 51.0 Å². The van der Waals surface area contributed by atoms with Crippen molar-refractivity contribution in [1.29, 1.82) is 0 Å². The minimum Gasteiger partial charge on any atom is -0.349 e. The maximum atomic E-state index is 12.3. The number of carbonyl (C=O) groups is 1. The molecule has 1 N–H and O–H groups in total. The van der Waals surface area contributed by atoms with Gasteiger partial charge in [0.2, 0.25) is 0 Å². The average Bonchev–Trinajstić information content (AvgIpc) is 2.67. The third-order valence-electron chi connectivity index (χ3n) is 4.03. The van der Waals surface area contributed by atoms with Crippen LogP contribution in [0.2, 0.25) is 0 Å². The van der Waals surface area contributed by atoms with Gasteiger partial charge in [0, 0.05) is 22.3 Å². The van der Waals surface area contributed by atoms with E-state index in [1.807, 2.05) is 0 Å². The van der Waals surface area contributed by atoms with Crippen LogP contribution in [-0.4, -0.2) is 20.4 Å². The van der Waals surface area contributed by atoms with E-state index in [9.17, 15) is 13.2 Å². The predicted molar refractivity (Wildman–Crippen MR) is 83.1 cm³/mol. The molecule has 6 heteroatoms. The van der Waals surface area contributed by atoms with Gasteiger partial charge >= 0.3 is 0 Å². The van der Waals surface area contributed by atoms with Crippen LogP contribution >= 0.6 is 10.7 Å². The van der Waals surface area contributed by atoms with Crippen molar-refractivity contribution in [3.8, 4) is 0 Å². The molecule has 1 amide bonds. The van der Waals surface area contributed by atoms with Gasteiger partial charge in [0.05, 0.1) is 4.90 Å². The fraction of sp³-hybridized carbons (Fsp3) is 0.533. The normalized spacial score (nSPS) is 21.2.